The van der Waals surface area contributed by atoms with Crippen LogP contribution in [-0.4, -0.2) is 37.6 Å². The Bertz CT molecular complexity index is 176. The Kier molecular flexibility index (Phi) is 18.8. The Morgan fingerprint density at radius 1 is 0.773 bits per heavy atom. The third kappa shape index (κ3) is 28.1. The maximum absolute atomic E-state index is 8.61. The molecular formula is C19H40O3. The van der Waals surface area contributed by atoms with E-state index < -0.39 is 0 Å². The normalized spacial score (nSPS) is 17.9. The lowest BCUT2D eigenvalue weighted by Gasteiger charge is -2.01. The number of hydrogen-bond donors (Lipinski definition) is 1. The minimum atomic E-state index is 0.372. The highest BCUT2D eigenvalue weighted by Crippen LogP contribution is 2.11. The van der Waals surface area contributed by atoms with Gasteiger partial charge in [-0.3, -0.25) is 0 Å². The van der Waals surface area contributed by atoms with E-state index in [0.29, 0.717) is 12.7 Å². The van der Waals surface area contributed by atoms with Crippen molar-refractivity contribution in [2.45, 2.75) is 97.0 Å². The molecule has 0 aromatic rings. The number of rotatable bonds is 12. The first-order valence-electron chi connectivity index (χ1n) is 9.61. The highest BCUT2D eigenvalue weighted by atomic mass is 16.6. The van der Waals surface area contributed by atoms with Crippen LogP contribution in [0.25, 0.3) is 0 Å². The van der Waals surface area contributed by atoms with Gasteiger partial charge in [-0.05, 0) is 13.3 Å². The first kappa shape index (κ1) is 21.9. The number of ether oxygens (including phenoxy) is 2. The van der Waals surface area contributed by atoms with Crippen LogP contribution in [0.15, 0.2) is 0 Å². The monoisotopic (exact) mass is 316 g/mol. The summed E-state index contributed by atoms with van der Waals surface area (Å²) >= 11 is 0. The van der Waals surface area contributed by atoms with Gasteiger partial charge in [-0.1, -0.05) is 77.6 Å². The summed E-state index contributed by atoms with van der Waals surface area (Å²) < 4.78 is 9.21. The molecule has 2 aliphatic rings. The topological polar surface area (TPSA) is 45.3 Å². The lowest BCUT2D eigenvalue weighted by Crippen LogP contribution is -1.84. The van der Waals surface area contributed by atoms with Crippen LogP contribution in [0.3, 0.4) is 0 Å². The zero-order valence-corrected chi connectivity index (χ0v) is 15.2. The maximum atomic E-state index is 8.61. The van der Waals surface area contributed by atoms with E-state index >= 15 is 0 Å². The SMILES string of the molecule is C1CO1.CC1CO1.CCCCCCCCCCCCCCO. The quantitative estimate of drug-likeness (QED) is 0.402. The summed E-state index contributed by atoms with van der Waals surface area (Å²) in [6.45, 7) is 7.68. The molecule has 1 atom stereocenters. The molecule has 2 rings (SSSR count). The number of aliphatic hydroxyl groups is 1. The summed E-state index contributed by atoms with van der Waals surface area (Å²) in [5, 5.41) is 8.61. The zero-order chi connectivity index (χ0) is 16.3. The molecule has 2 heterocycles. The molecule has 2 aliphatic heterocycles. The van der Waals surface area contributed by atoms with Gasteiger partial charge in [0.2, 0.25) is 0 Å². The molecule has 0 saturated carbocycles. The Morgan fingerprint density at radius 2 is 1.09 bits per heavy atom. The molecule has 0 bridgehead atoms. The molecule has 1 N–H and O–H groups in total. The van der Waals surface area contributed by atoms with E-state index in [1.807, 2.05) is 0 Å². The molecule has 0 radical (unpaired) electrons. The molecule has 0 spiro atoms. The van der Waals surface area contributed by atoms with Crippen molar-refractivity contribution in [1.82, 2.24) is 0 Å². The summed E-state index contributed by atoms with van der Waals surface area (Å²) in [6, 6.07) is 0. The predicted octanol–water partition coefficient (Wildman–Crippen LogP) is 5.10. The molecule has 0 aliphatic carbocycles. The van der Waals surface area contributed by atoms with Gasteiger partial charge in [0.25, 0.3) is 0 Å². The van der Waals surface area contributed by atoms with E-state index in [2.05, 4.69) is 18.6 Å². The molecule has 2 saturated heterocycles. The van der Waals surface area contributed by atoms with Gasteiger partial charge in [-0.25, -0.2) is 0 Å². The van der Waals surface area contributed by atoms with Gasteiger partial charge >= 0.3 is 0 Å². The predicted molar refractivity (Wildman–Crippen MR) is 94.4 cm³/mol. The molecule has 134 valence electrons. The van der Waals surface area contributed by atoms with E-state index in [-0.39, 0.29) is 0 Å². The first-order chi connectivity index (χ1) is 10.8. The van der Waals surface area contributed by atoms with E-state index in [1.165, 1.54) is 70.6 Å². The average molecular weight is 317 g/mol. The summed E-state index contributed by atoms with van der Waals surface area (Å²) in [5.74, 6) is 0. The second-order valence-electron chi connectivity index (χ2n) is 6.37. The van der Waals surface area contributed by atoms with E-state index in [9.17, 15) is 0 Å². The third-order valence-corrected chi connectivity index (χ3v) is 3.72. The molecule has 2 fully saturated rings. The van der Waals surface area contributed by atoms with Crippen LogP contribution in [0.2, 0.25) is 0 Å². The van der Waals surface area contributed by atoms with Gasteiger partial charge < -0.3 is 14.6 Å². The molecule has 0 aromatic carbocycles. The third-order valence-electron chi connectivity index (χ3n) is 3.72. The van der Waals surface area contributed by atoms with Gasteiger partial charge in [0.05, 0.1) is 25.9 Å². The lowest BCUT2D eigenvalue weighted by molar-refractivity contribution is 0.282. The fourth-order valence-electron chi connectivity index (χ4n) is 2.05. The van der Waals surface area contributed by atoms with Crippen LogP contribution in [-0.2, 0) is 9.47 Å². The Hall–Kier alpha value is -0.120. The van der Waals surface area contributed by atoms with Crippen molar-refractivity contribution in [3.8, 4) is 0 Å². The Labute approximate surface area is 138 Å². The maximum Gasteiger partial charge on any atom is 0.0781 e. The van der Waals surface area contributed by atoms with E-state index in [1.54, 1.807) is 0 Å². The molecule has 0 aromatic heterocycles. The molecule has 22 heavy (non-hydrogen) atoms. The van der Waals surface area contributed by atoms with Crippen LogP contribution >= 0.6 is 0 Å². The molecule has 3 heteroatoms. The van der Waals surface area contributed by atoms with Crippen molar-refractivity contribution in [2.75, 3.05) is 26.4 Å². The number of epoxide rings is 2. The number of unbranched alkanes of at least 4 members (excludes halogenated alkanes) is 11. The standard InChI is InChI=1S/C14H30O.C3H6O.C2H4O/c1-2-3-4-5-6-7-8-9-10-11-12-13-14-15;1-3-2-4-3;1-2-3-1/h15H,2-14H2,1H3;3H,2H2,1H3;1-2H2. The van der Waals surface area contributed by atoms with Crippen molar-refractivity contribution >= 4 is 0 Å². The second kappa shape index (κ2) is 18.9. The zero-order valence-electron chi connectivity index (χ0n) is 15.2. The minimum absolute atomic E-state index is 0.372. The van der Waals surface area contributed by atoms with E-state index in [0.717, 1.165) is 26.2 Å². The highest BCUT2D eigenvalue weighted by molar-refractivity contribution is 4.58. The van der Waals surface area contributed by atoms with Gasteiger partial charge in [0, 0.05) is 6.61 Å². The average Bonchev–Trinajstić information content (AvgIpc) is 3.39. The van der Waals surface area contributed by atoms with Crippen LogP contribution < -0.4 is 0 Å². The molecule has 0 amide bonds. The van der Waals surface area contributed by atoms with Gasteiger partial charge in [-0.2, -0.15) is 0 Å². The molecular weight excluding hydrogens is 276 g/mol. The van der Waals surface area contributed by atoms with Crippen LogP contribution in [0.5, 0.6) is 0 Å². The summed E-state index contributed by atoms with van der Waals surface area (Å²) in [6.07, 6.45) is 16.8. The smallest absolute Gasteiger partial charge is 0.0781 e. The van der Waals surface area contributed by atoms with Crippen molar-refractivity contribution in [3.05, 3.63) is 0 Å². The van der Waals surface area contributed by atoms with Gasteiger partial charge in [0.1, 0.15) is 0 Å². The highest BCUT2D eigenvalue weighted by Gasteiger charge is 2.13. The van der Waals surface area contributed by atoms with Crippen molar-refractivity contribution in [1.29, 1.82) is 0 Å². The van der Waals surface area contributed by atoms with Crippen LogP contribution in [0, 0.1) is 0 Å². The Balaban J connectivity index is 0.000000500. The van der Waals surface area contributed by atoms with Crippen molar-refractivity contribution in [3.63, 3.8) is 0 Å². The lowest BCUT2D eigenvalue weighted by atomic mass is 10.1. The minimum Gasteiger partial charge on any atom is -0.396 e. The van der Waals surface area contributed by atoms with Crippen molar-refractivity contribution < 1.29 is 14.6 Å². The molecule has 1 unspecified atom stereocenters. The summed E-state index contributed by atoms with van der Waals surface area (Å²) in [5.41, 5.74) is 0. The first-order valence-corrected chi connectivity index (χ1v) is 9.61. The Morgan fingerprint density at radius 3 is 1.32 bits per heavy atom. The van der Waals surface area contributed by atoms with E-state index in [4.69, 9.17) is 9.84 Å². The number of aliphatic hydroxyl groups excluding tert-OH is 1. The second-order valence-corrected chi connectivity index (χ2v) is 6.37. The fraction of sp³-hybridized carbons (Fsp3) is 1.00. The number of hydrogen-bond acceptors (Lipinski definition) is 3. The van der Waals surface area contributed by atoms with Gasteiger partial charge in [0.15, 0.2) is 0 Å². The fourth-order valence-corrected chi connectivity index (χ4v) is 2.05. The van der Waals surface area contributed by atoms with Crippen LogP contribution in [0.4, 0.5) is 0 Å². The largest absolute Gasteiger partial charge is 0.396 e. The van der Waals surface area contributed by atoms with Gasteiger partial charge in [-0.15, -0.1) is 0 Å². The summed E-state index contributed by atoms with van der Waals surface area (Å²) in [7, 11) is 0. The summed E-state index contributed by atoms with van der Waals surface area (Å²) in [4.78, 5) is 0. The van der Waals surface area contributed by atoms with Crippen molar-refractivity contribution in [2.24, 2.45) is 0 Å². The van der Waals surface area contributed by atoms with Crippen LogP contribution in [0.1, 0.15) is 90.9 Å². The molecule has 3 nitrogen and oxygen atoms in total.